The van der Waals surface area contributed by atoms with E-state index in [4.69, 9.17) is 4.74 Å². The summed E-state index contributed by atoms with van der Waals surface area (Å²) in [5, 5.41) is 9.87. The molecule has 20 heavy (non-hydrogen) atoms. The number of carbonyl (C=O) groups excluding carboxylic acids is 1. The number of hydrogen-bond acceptors (Lipinski definition) is 6. The molecule has 3 rings (SSSR count). The maximum atomic E-state index is 12.4. The molecule has 1 amide bonds. The van der Waals surface area contributed by atoms with Crippen molar-refractivity contribution in [3.63, 3.8) is 0 Å². The first-order valence-electron chi connectivity index (χ1n) is 6.35. The van der Waals surface area contributed by atoms with Gasteiger partial charge >= 0.3 is 0 Å². The van der Waals surface area contributed by atoms with Crippen LogP contribution in [0.2, 0.25) is 0 Å². The first kappa shape index (κ1) is 13.0. The summed E-state index contributed by atoms with van der Waals surface area (Å²) in [5.74, 6) is 0.582. The molecule has 0 saturated heterocycles. The summed E-state index contributed by atoms with van der Waals surface area (Å²) in [6.07, 6.45) is 1.75. The van der Waals surface area contributed by atoms with Gasteiger partial charge < -0.3 is 9.64 Å². The Morgan fingerprint density at radius 3 is 3.05 bits per heavy atom. The predicted molar refractivity (Wildman–Crippen MR) is 72.7 cm³/mol. The highest BCUT2D eigenvalue weighted by molar-refractivity contribution is 7.03. The normalized spacial score (nSPS) is 14.8. The predicted octanol–water partition coefficient (Wildman–Crippen LogP) is 0.869. The fourth-order valence-corrected chi connectivity index (χ4v) is 2.92. The highest BCUT2D eigenvalue weighted by atomic mass is 32.1. The van der Waals surface area contributed by atoms with Crippen molar-refractivity contribution in [3.05, 3.63) is 22.3 Å². The topological polar surface area (TPSA) is 73.1 Å². The van der Waals surface area contributed by atoms with Crippen molar-refractivity contribution in [1.29, 1.82) is 0 Å². The maximum Gasteiger partial charge on any atom is 0.275 e. The average Bonchev–Trinajstić information content (AvgIpc) is 3.01. The zero-order valence-corrected chi connectivity index (χ0v) is 12.2. The smallest absolute Gasteiger partial charge is 0.275 e. The second-order valence-corrected chi connectivity index (χ2v) is 5.29. The minimum atomic E-state index is -0.0771. The minimum absolute atomic E-state index is 0.0771. The zero-order chi connectivity index (χ0) is 14.1. The van der Waals surface area contributed by atoms with Crippen LogP contribution in [0.3, 0.4) is 0 Å². The van der Waals surface area contributed by atoms with E-state index in [9.17, 15) is 4.79 Å². The van der Waals surface area contributed by atoms with Gasteiger partial charge in [0.25, 0.3) is 5.91 Å². The Morgan fingerprint density at radius 2 is 2.35 bits per heavy atom. The van der Waals surface area contributed by atoms with E-state index in [1.807, 2.05) is 7.05 Å². The van der Waals surface area contributed by atoms with E-state index in [2.05, 4.69) is 14.7 Å². The lowest BCUT2D eigenvalue weighted by Gasteiger charge is -2.19. The van der Waals surface area contributed by atoms with E-state index < -0.39 is 0 Å². The number of amides is 1. The van der Waals surface area contributed by atoms with Gasteiger partial charge in [0, 0.05) is 24.5 Å². The Labute approximate surface area is 120 Å². The molecule has 0 fully saturated rings. The number of ether oxygens (including phenoxy) is 1. The summed E-state index contributed by atoms with van der Waals surface area (Å²) in [6.45, 7) is 1.23. The summed E-state index contributed by atoms with van der Waals surface area (Å²) in [6, 6.07) is 0. The number of rotatable bonds is 2. The number of aryl methyl sites for hydroxylation is 1. The first-order chi connectivity index (χ1) is 9.70. The van der Waals surface area contributed by atoms with Gasteiger partial charge in [-0.3, -0.25) is 9.48 Å². The molecular weight excluding hydrogens is 278 g/mol. The molecule has 3 heterocycles. The molecule has 0 atom stereocenters. The molecule has 1 aliphatic heterocycles. The fraction of sp³-hybridized carbons (Fsp3) is 0.500. The molecule has 1 aliphatic rings. The van der Waals surface area contributed by atoms with E-state index in [0.717, 1.165) is 24.1 Å². The SMILES string of the molecule is COc1nn(C)c2c1CCCN(C(=O)c1csnn1)C2. The van der Waals surface area contributed by atoms with Crippen molar-refractivity contribution >= 4 is 17.4 Å². The average molecular weight is 293 g/mol. The molecule has 0 aliphatic carbocycles. The van der Waals surface area contributed by atoms with Crippen molar-refractivity contribution in [3.8, 4) is 5.88 Å². The molecule has 0 aromatic carbocycles. The van der Waals surface area contributed by atoms with Gasteiger partial charge in [-0.1, -0.05) is 4.49 Å². The van der Waals surface area contributed by atoms with Crippen LogP contribution < -0.4 is 4.74 Å². The molecule has 8 heteroatoms. The van der Waals surface area contributed by atoms with Crippen molar-refractivity contribution in [2.75, 3.05) is 13.7 Å². The molecule has 0 spiro atoms. The van der Waals surface area contributed by atoms with Crippen molar-refractivity contribution in [1.82, 2.24) is 24.3 Å². The van der Waals surface area contributed by atoms with E-state index in [0.29, 0.717) is 24.7 Å². The first-order valence-corrected chi connectivity index (χ1v) is 7.19. The fourth-order valence-electron chi connectivity index (χ4n) is 2.49. The molecule has 0 unspecified atom stereocenters. The Bertz CT molecular complexity index is 622. The number of fused-ring (bicyclic) bond motifs is 1. The van der Waals surface area contributed by atoms with Crippen LogP contribution in [0.15, 0.2) is 5.38 Å². The molecule has 0 radical (unpaired) electrons. The number of carbonyl (C=O) groups is 1. The third-order valence-corrected chi connectivity index (χ3v) is 4.00. The molecule has 7 nitrogen and oxygen atoms in total. The summed E-state index contributed by atoms with van der Waals surface area (Å²) >= 11 is 1.19. The number of nitrogens with zero attached hydrogens (tertiary/aromatic N) is 5. The highest BCUT2D eigenvalue weighted by Crippen LogP contribution is 2.27. The lowest BCUT2D eigenvalue weighted by atomic mass is 10.1. The summed E-state index contributed by atoms with van der Waals surface area (Å²) in [7, 11) is 3.50. The third-order valence-electron chi connectivity index (χ3n) is 3.49. The standard InChI is InChI=1S/C12H15N5O2S/c1-16-10-6-17(12(18)9-7-20-15-13-9)5-3-4-8(10)11(14-16)19-2/h7H,3-6H2,1-2H3. The second-order valence-electron chi connectivity index (χ2n) is 4.68. The van der Waals surface area contributed by atoms with Gasteiger partial charge in [-0.05, 0) is 24.4 Å². The number of methoxy groups -OCH3 is 1. The van der Waals surface area contributed by atoms with Crippen LogP contribution in [0.5, 0.6) is 5.88 Å². The summed E-state index contributed by atoms with van der Waals surface area (Å²) in [4.78, 5) is 14.2. The molecule has 0 bridgehead atoms. The van der Waals surface area contributed by atoms with Gasteiger partial charge in [0.05, 0.1) is 19.3 Å². The van der Waals surface area contributed by atoms with Crippen molar-refractivity contribution in [2.45, 2.75) is 19.4 Å². The Balaban J connectivity index is 1.90. The number of aromatic nitrogens is 4. The van der Waals surface area contributed by atoms with Crippen LogP contribution in [-0.4, -0.2) is 43.8 Å². The van der Waals surface area contributed by atoms with Crippen LogP contribution >= 0.6 is 11.5 Å². The number of hydrogen-bond donors (Lipinski definition) is 0. The zero-order valence-electron chi connectivity index (χ0n) is 11.4. The Morgan fingerprint density at radius 1 is 1.50 bits per heavy atom. The lowest BCUT2D eigenvalue weighted by molar-refractivity contribution is 0.0736. The van der Waals surface area contributed by atoms with Crippen LogP contribution in [0.25, 0.3) is 0 Å². The minimum Gasteiger partial charge on any atom is -0.480 e. The molecule has 0 N–H and O–H groups in total. The van der Waals surface area contributed by atoms with Gasteiger partial charge in [0.2, 0.25) is 5.88 Å². The third kappa shape index (κ3) is 2.15. The second kappa shape index (κ2) is 5.20. The molecule has 2 aromatic rings. The monoisotopic (exact) mass is 293 g/mol. The van der Waals surface area contributed by atoms with Gasteiger partial charge in [-0.25, -0.2) is 0 Å². The van der Waals surface area contributed by atoms with E-state index in [-0.39, 0.29) is 5.91 Å². The van der Waals surface area contributed by atoms with Crippen LogP contribution in [-0.2, 0) is 20.0 Å². The molecule has 106 valence electrons. The van der Waals surface area contributed by atoms with Crippen LogP contribution in [0.4, 0.5) is 0 Å². The quantitative estimate of drug-likeness (QED) is 0.821. The molecular formula is C12H15N5O2S. The largest absolute Gasteiger partial charge is 0.480 e. The van der Waals surface area contributed by atoms with Crippen molar-refractivity contribution < 1.29 is 9.53 Å². The van der Waals surface area contributed by atoms with Gasteiger partial charge in [-0.2, -0.15) is 0 Å². The Hall–Kier alpha value is -1.96. The molecule has 2 aromatic heterocycles. The maximum absolute atomic E-state index is 12.4. The van der Waals surface area contributed by atoms with Crippen LogP contribution in [0, 0.1) is 0 Å². The lowest BCUT2D eigenvalue weighted by Crippen LogP contribution is -2.31. The van der Waals surface area contributed by atoms with Crippen LogP contribution in [0.1, 0.15) is 28.2 Å². The van der Waals surface area contributed by atoms with E-state index in [1.165, 1.54) is 11.5 Å². The molecule has 0 saturated carbocycles. The van der Waals surface area contributed by atoms with Gasteiger partial charge in [-0.15, -0.1) is 10.2 Å². The van der Waals surface area contributed by atoms with Gasteiger partial charge in [0.1, 0.15) is 0 Å². The van der Waals surface area contributed by atoms with Gasteiger partial charge in [0.15, 0.2) is 5.69 Å². The Kier molecular flexibility index (Phi) is 3.39. The summed E-state index contributed by atoms with van der Waals surface area (Å²) < 4.78 is 10.8. The van der Waals surface area contributed by atoms with Crippen molar-refractivity contribution in [2.24, 2.45) is 7.05 Å². The van der Waals surface area contributed by atoms with E-state index in [1.54, 1.807) is 22.1 Å². The van der Waals surface area contributed by atoms with E-state index >= 15 is 0 Å². The highest BCUT2D eigenvalue weighted by Gasteiger charge is 2.26. The summed E-state index contributed by atoms with van der Waals surface area (Å²) in [5.41, 5.74) is 2.53.